The SMILES string of the molecule is COc1ccc(Nc2ccnc(C)n2)c(C)c1. The third kappa shape index (κ3) is 2.72. The van der Waals surface area contributed by atoms with Gasteiger partial charge in [0, 0.05) is 11.9 Å². The van der Waals surface area contributed by atoms with Gasteiger partial charge in [0.15, 0.2) is 0 Å². The van der Waals surface area contributed by atoms with Gasteiger partial charge in [0.2, 0.25) is 0 Å². The van der Waals surface area contributed by atoms with Crippen molar-refractivity contribution >= 4 is 11.5 Å². The fraction of sp³-hybridized carbons (Fsp3) is 0.231. The second kappa shape index (κ2) is 4.82. The number of aromatic nitrogens is 2. The predicted octanol–water partition coefficient (Wildman–Crippen LogP) is 2.85. The standard InChI is InChI=1S/C13H15N3O/c1-9-8-11(17-3)4-5-12(9)16-13-6-7-14-10(2)15-13/h4-8H,1-3H3,(H,14,15,16). The molecule has 0 bridgehead atoms. The van der Waals surface area contributed by atoms with Crippen molar-refractivity contribution < 1.29 is 4.74 Å². The number of nitrogens with zero attached hydrogens (tertiary/aromatic N) is 2. The third-order valence-electron chi connectivity index (χ3n) is 2.47. The molecule has 0 amide bonds. The fourth-order valence-electron chi connectivity index (χ4n) is 1.57. The zero-order valence-electron chi connectivity index (χ0n) is 10.2. The van der Waals surface area contributed by atoms with Crippen molar-refractivity contribution in [3.63, 3.8) is 0 Å². The predicted molar refractivity (Wildman–Crippen MR) is 67.8 cm³/mol. The first-order valence-corrected chi connectivity index (χ1v) is 5.40. The van der Waals surface area contributed by atoms with E-state index in [-0.39, 0.29) is 0 Å². The molecular weight excluding hydrogens is 214 g/mol. The van der Waals surface area contributed by atoms with Crippen LogP contribution in [-0.2, 0) is 0 Å². The van der Waals surface area contributed by atoms with E-state index in [4.69, 9.17) is 4.74 Å². The Morgan fingerprint density at radius 3 is 2.65 bits per heavy atom. The molecule has 1 N–H and O–H groups in total. The average molecular weight is 229 g/mol. The van der Waals surface area contributed by atoms with Crippen LogP contribution in [0.3, 0.4) is 0 Å². The molecule has 2 aromatic rings. The molecule has 0 unspecified atom stereocenters. The van der Waals surface area contributed by atoms with Crippen LogP contribution in [0.15, 0.2) is 30.5 Å². The van der Waals surface area contributed by atoms with Crippen LogP contribution in [0.4, 0.5) is 11.5 Å². The summed E-state index contributed by atoms with van der Waals surface area (Å²) < 4.78 is 5.17. The minimum atomic E-state index is 0.751. The van der Waals surface area contributed by atoms with E-state index in [9.17, 15) is 0 Å². The van der Waals surface area contributed by atoms with Crippen molar-refractivity contribution in [3.05, 3.63) is 41.9 Å². The van der Waals surface area contributed by atoms with Crippen molar-refractivity contribution in [2.24, 2.45) is 0 Å². The van der Waals surface area contributed by atoms with Gasteiger partial charge in [-0.05, 0) is 43.7 Å². The van der Waals surface area contributed by atoms with Crippen molar-refractivity contribution in [2.75, 3.05) is 12.4 Å². The van der Waals surface area contributed by atoms with Gasteiger partial charge in [-0.15, -0.1) is 0 Å². The first-order chi connectivity index (χ1) is 8.19. The summed E-state index contributed by atoms with van der Waals surface area (Å²) in [7, 11) is 1.66. The Balaban J connectivity index is 2.24. The summed E-state index contributed by atoms with van der Waals surface area (Å²) >= 11 is 0. The zero-order chi connectivity index (χ0) is 12.3. The van der Waals surface area contributed by atoms with Gasteiger partial charge in [0.1, 0.15) is 17.4 Å². The van der Waals surface area contributed by atoms with Gasteiger partial charge in [-0.25, -0.2) is 9.97 Å². The number of benzene rings is 1. The molecule has 4 nitrogen and oxygen atoms in total. The minimum Gasteiger partial charge on any atom is -0.497 e. The first kappa shape index (κ1) is 11.4. The highest BCUT2D eigenvalue weighted by atomic mass is 16.5. The van der Waals surface area contributed by atoms with E-state index < -0.39 is 0 Å². The lowest BCUT2D eigenvalue weighted by molar-refractivity contribution is 0.414. The maximum atomic E-state index is 5.17. The molecule has 88 valence electrons. The van der Waals surface area contributed by atoms with Gasteiger partial charge < -0.3 is 10.1 Å². The van der Waals surface area contributed by atoms with Crippen molar-refractivity contribution in [1.82, 2.24) is 9.97 Å². The molecule has 4 heteroatoms. The fourth-order valence-corrected chi connectivity index (χ4v) is 1.57. The van der Waals surface area contributed by atoms with Crippen LogP contribution in [0, 0.1) is 13.8 Å². The zero-order valence-corrected chi connectivity index (χ0v) is 10.2. The number of rotatable bonds is 3. The van der Waals surface area contributed by atoms with E-state index in [1.54, 1.807) is 13.3 Å². The Morgan fingerprint density at radius 2 is 2.00 bits per heavy atom. The van der Waals surface area contributed by atoms with Gasteiger partial charge in [-0.1, -0.05) is 0 Å². The largest absolute Gasteiger partial charge is 0.497 e. The van der Waals surface area contributed by atoms with Crippen LogP contribution in [0.5, 0.6) is 5.75 Å². The number of ether oxygens (including phenoxy) is 1. The molecule has 0 saturated heterocycles. The molecule has 2 rings (SSSR count). The molecule has 0 saturated carbocycles. The van der Waals surface area contributed by atoms with Gasteiger partial charge >= 0.3 is 0 Å². The maximum Gasteiger partial charge on any atom is 0.134 e. The lowest BCUT2D eigenvalue weighted by Gasteiger charge is -2.10. The van der Waals surface area contributed by atoms with Crippen LogP contribution >= 0.6 is 0 Å². The summed E-state index contributed by atoms with van der Waals surface area (Å²) in [6.45, 7) is 3.89. The average Bonchev–Trinajstić information content (AvgIpc) is 2.32. The van der Waals surface area contributed by atoms with Crippen LogP contribution in [0.2, 0.25) is 0 Å². The summed E-state index contributed by atoms with van der Waals surface area (Å²) in [4.78, 5) is 8.36. The molecule has 0 radical (unpaired) electrons. The van der Waals surface area contributed by atoms with Gasteiger partial charge in [-0.3, -0.25) is 0 Å². The van der Waals surface area contributed by atoms with Gasteiger partial charge in [-0.2, -0.15) is 0 Å². The Labute approximate surface area is 101 Å². The lowest BCUT2D eigenvalue weighted by Crippen LogP contribution is -1.98. The molecule has 17 heavy (non-hydrogen) atoms. The van der Waals surface area contributed by atoms with Crippen molar-refractivity contribution in [3.8, 4) is 5.75 Å². The topological polar surface area (TPSA) is 47.0 Å². The second-order valence-electron chi connectivity index (χ2n) is 3.79. The molecule has 0 aliphatic rings. The molecule has 0 atom stereocenters. The first-order valence-electron chi connectivity index (χ1n) is 5.40. The van der Waals surface area contributed by atoms with Crippen LogP contribution in [-0.4, -0.2) is 17.1 Å². The smallest absolute Gasteiger partial charge is 0.134 e. The number of anilines is 2. The summed E-state index contributed by atoms with van der Waals surface area (Å²) in [6.07, 6.45) is 1.74. The minimum absolute atomic E-state index is 0.751. The monoisotopic (exact) mass is 229 g/mol. The van der Waals surface area contributed by atoms with E-state index in [2.05, 4.69) is 15.3 Å². The molecule has 0 spiro atoms. The molecule has 1 heterocycles. The molecule has 0 aliphatic carbocycles. The highest BCUT2D eigenvalue weighted by molar-refractivity contribution is 5.61. The van der Waals surface area contributed by atoms with Crippen LogP contribution < -0.4 is 10.1 Å². The number of nitrogens with one attached hydrogen (secondary N) is 1. The molecular formula is C13H15N3O. The number of hydrogen-bond acceptors (Lipinski definition) is 4. The van der Waals surface area contributed by atoms with E-state index in [0.717, 1.165) is 28.6 Å². The Kier molecular flexibility index (Phi) is 3.23. The van der Waals surface area contributed by atoms with Crippen molar-refractivity contribution in [2.45, 2.75) is 13.8 Å². The van der Waals surface area contributed by atoms with E-state index in [1.807, 2.05) is 38.1 Å². The Morgan fingerprint density at radius 1 is 1.18 bits per heavy atom. The van der Waals surface area contributed by atoms with Gasteiger partial charge in [0.25, 0.3) is 0 Å². The van der Waals surface area contributed by atoms with Crippen molar-refractivity contribution in [1.29, 1.82) is 0 Å². The summed E-state index contributed by atoms with van der Waals surface area (Å²) in [6, 6.07) is 7.72. The van der Waals surface area contributed by atoms with E-state index in [1.165, 1.54) is 0 Å². The quantitative estimate of drug-likeness (QED) is 0.879. The highest BCUT2D eigenvalue weighted by Crippen LogP contribution is 2.23. The number of hydrogen-bond donors (Lipinski definition) is 1. The van der Waals surface area contributed by atoms with E-state index >= 15 is 0 Å². The van der Waals surface area contributed by atoms with Crippen LogP contribution in [0.1, 0.15) is 11.4 Å². The summed E-state index contributed by atoms with van der Waals surface area (Å²) in [5, 5.41) is 3.26. The summed E-state index contributed by atoms with van der Waals surface area (Å²) in [5.41, 5.74) is 2.13. The maximum absolute atomic E-state index is 5.17. The third-order valence-corrected chi connectivity index (χ3v) is 2.47. The van der Waals surface area contributed by atoms with Crippen LogP contribution in [0.25, 0.3) is 0 Å². The molecule has 1 aromatic heterocycles. The number of methoxy groups -OCH3 is 1. The van der Waals surface area contributed by atoms with E-state index in [0.29, 0.717) is 0 Å². The molecule has 0 fully saturated rings. The Hall–Kier alpha value is -2.10. The van der Waals surface area contributed by atoms with Gasteiger partial charge in [0.05, 0.1) is 7.11 Å². The second-order valence-corrected chi connectivity index (χ2v) is 3.79. The summed E-state index contributed by atoms with van der Waals surface area (Å²) in [5.74, 6) is 2.40. The lowest BCUT2D eigenvalue weighted by atomic mass is 10.2. The highest BCUT2D eigenvalue weighted by Gasteiger charge is 2.02. The normalized spacial score (nSPS) is 10.1. The Bertz CT molecular complexity index is 526. The molecule has 0 aliphatic heterocycles. The number of aryl methyl sites for hydroxylation is 2. The molecule has 1 aromatic carbocycles.